The Hall–Kier alpha value is -1.36. The molecular formula is C11H19N3O2. The Balaban J connectivity index is 2.84. The summed E-state index contributed by atoms with van der Waals surface area (Å²) < 4.78 is 6.45. The minimum absolute atomic E-state index is 0.0221. The number of nitrogens with one attached hydrogen (secondary N) is 1. The molecule has 0 amide bonds. The highest BCUT2D eigenvalue weighted by Gasteiger charge is 2.19. The fourth-order valence-corrected chi connectivity index (χ4v) is 1.75. The molecule has 1 atom stereocenters. The Bertz CT molecular complexity index is 360. The van der Waals surface area contributed by atoms with Gasteiger partial charge in [0.2, 0.25) is 0 Å². The minimum atomic E-state index is -0.214. The maximum atomic E-state index is 11.3. The van der Waals surface area contributed by atoms with E-state index in [1.165, 1.54) is 7.11 Å². The molecule has 0 aliphatic rings. The lowest BCUT2D eigenvalue weighted by Crippen LogP contribution is -2.24. The van der Waals surface area contributed by atoms with Crippen LogP contribution in [0.25, 0.3) is 0 Å². The molecule has 1 aromatic heterocycles. The number of carbonyl (C=O) groups excluding carboxylic acids is 1. The van der Waals surface area contributed by atoms with E-state index in [9.17, 15) is 4.79 Å². The highest BCUT2D eigenvalue weighted by Crippen LogP contribution is 2.19. The van der Waals surface area contributed by atoms with E-state index in [1.807, 2.05) is 27.1 Å². The first-order valence-corrected chi connectivity index (χ1v) is 5.38. The van der Waals surface area contributed by atoms with Crippen LogP contribution in [0.1, 0.15) is 30.6 Å². The van der Waals surface area contributed by atoms with Crippen LogP contribution in [0.3, 0.4) is 0 Å². The van der Waals surface area contributed by atoms with Crippen molar-refractivity contribution in [2.24, 2.45) is 7.05 Å². The van der Waals surface area contributed by atoms with Crippen molar-refractivity contribution in [1.82, 2.24) is 15.1 Å². The fraction of sp³-hybridized carbons (Fsp3) is 0.636. The molecule has 16 heavy (non-hydrogen) atoms. The fourth-order valence-electron chi connectivity index (χ4n) is 1.75. The van der Waals surface area contributed by atoms with Crippen molar-refractivity contribution in [3.8, 4) is 0 Å². The SMILES string of the molecule is CCNC(CC(=O)OC)c1cn(C)nc1C. The van der Waals surface area contributed by atoms with Gasteiger partial charge in [-0.15, -0.1) is 0 Å². The van der Waals surface area contributed by atoms with Crippen molar-refractivity contribution in [3.63, 3.8) is 0 Å². The molecule has 0 fully saturated rings. The molecule has 0 bridgehead atoms. The number of rotatable bonds is 5. The molecule has 0 saturated carbocycles. The molecule has 0 spiro atoms. The molecule has 0 aliphatic heterocycles. The third-order valence-corrected chi connectivity index (χ3v) is 2.48. The number of aryl methyl sites for hydroxylation is 2. The number of ether oxygens (including phenoxy) is 1. The number of hydrogen-bond acceptors (Lipinski definition) is 4. The molecule has 5 nitrogen and oxygen atoms in total. The smallest absolute Gasteiger partial charge is 0.307 e. The molecule has 1 unspecified atom stereocenters. The molecule has 1 aromatic rings. The summed E-state index contributed by atoms with van der Waals surface area (Å²) in [5, 5.41) is 7.54. The van der Waals surface area contributed by atoms with Gasteiger partial charge in [-0.3, -0.25) is 9.48 Å². The maximum Gasteiger partial charge on any atom is 0.307 e. The van der Waals surface area contributed by atoms with Crippen LogP contribution in [0.4, 0.5) is 0 Å². The zero-order chi connectivity index (χ0) is 12.1. The average Bonchev–Trinajstić information content (AvgIpc) is 2.57. The van der Waals surface area contributed by atoms with Gasteiger partial charge in [-0.2, -0.15) is 5.10 Å². The van der Waals surface area contributed by atoms with Crippen LogP contribution in [0.15, 0.2) is 6.20 Å². The van der Waals surface area contributed by atoms with Crippen molar-refractivity contribution in [1.29, 1.82) is 0 Å². The summed E-state index contributed by atoms with van der Waals surface area (Å²) >= 11 is 0. The Labute approximate surface area is 95.8 Å². The Kier molecular flexibility index (Phi) is 4.49. The minimum Gasteiger partial charge on any atom is -0.469 e. The molecular weight excluding hydrogens is 206 g/mol. The van der Waals surface area contributed by atoms with Gasteiger partial charge in [0.05, 0.1) is 19.2 Å². The third kappa shape index (κ3) is 3.06. The Morgan fingerprint density at radius 3 is 2.81 bits per heavy atom. The average molecular weight is 225 g/mol. The molecule has 0 aliphatic carbocycles. The number of esters is 1. The van der Waals surface area contributed by atoms with Crippen molar-refractivity contribution in [2.75, 3.05) is 13.7 Å². The number of aromatic nitrogens is 2. The second-order valence-corrected chi connectivity index (χ2v) is 3.73. The summed E-state index contributed by atoms with van der Waals surface area (Å²) in [6.45, 7) is 4.75. The van der Waals surface area contributed by atoms with Crippen molar-refractivity contribution in [3.05, 3.63) is 17.5 Å². The lowest BCUT2D eigenvalue weighted by Gasteiger charge is -2.15. The normalized spacial score (nSPS) is 12.5. The van der Waals surface area contributed by atoms with E-state index >= 15 is 0 Å². The maximum absolute atomic E-state index is 11.3. The summed E-state index contributed by atoms with van der Waals surface area (Å²) in [4.78, 5) is 11.3. The number of hydrogen-bond donors (Lipinski definition) is 1. The lowest BCUT2D eigenvalue weighted by molar-refractivity contribution is -0.141. The number of methoxy groups -OCH3 is 1. The van der Waals surface area contributed by atoms with Gasteiger partial charge in [-0.05, 0) is 13.5 Å². The molecule has 0 aromatic carbocycles. The van der Waals surface area contributed by atoms with E-state index in [4.69, 9.17) is 0 Å². The zero-order valence-electron chi connectivity index (χ0n) is 10.3. The van der Waals surface area contributed by atoms with Gasteiger partial charge in [-0.25, -0.2) is 0 Å². The quantitative estimate of drug-likeness (QED) is 0.758. The third-order valence-electron chi connectivity index (χ3n) is 2.48. The predicted molar refractivity (Wildman–Crippen MR) is 61.0 cm³/mol. The summed E-state index contributed by atoms with van der Waals surface area (Å²) in [5.41, 5.74) is 1.99. The van der Waals surface area contributed by atoms with E-state index in [2.05, 4.69) is 15.2 Å². The second kappa shape index (κ2) is 5.65. The summed E-state index contributed by atoms with van der Waals surface area (Å²) in [6, 6.07) is -0.0221. The Morgan fingerprint density at radius 2 is 2.38 bits per heavy atom. The largest absolute Gasteiger partial charge is 0.469 e. The zero-order valence-corrected chi connectivity index (χ0v) is 10.3. The molecule has 1 N–H and O–H groups in total. The Morgan fingerprint density at radius 1 is 1.69 bits per heavy atom. The molecule has 5 heteroatoms. The van der Waals surface area contributed by atoms with Gasteiger partial charge in [0.1, 0.15) is 0 Å². The molecule has 0 radical (unpaired) electrons. The molecule has 90 valence electrons. The first kappa shape index (κ1) is 12.7. The molecule has 1 heterocycles. The van der Waals surface area contributed by atoms with E-state index in [0.717, 1.165) is 17.8 Å². The van der Waals surface area contributed by atoms with E-state index in [1.54, 1.807) is 4.68 Å². The van der Waals surface area contributed by atoms with E-state index < -0.39 is 0 Å². The van der Waals surface area contributed by atoms with Crippen LogP contribution in [-0.2, 0) is 16.6 Å². The van der Waals surface area contributed by atoms with E-state index in [-0.39, 0.29) is 12.0 Å². The van der Waals surface area contributed by atoms with Gasteiger partial charge in [-0.1, -0.05) is 6.92 Å². The summed E-state index contributed by atoms with van der Waals surface area (Å²) in [6.07, 6.45) is 2.27. The van der Waals surface area contributed by atoms with Gasteiger partial charge in [0.15, 0.2) is 0 Å². The van der Waals surface area contributed by atoms with Crippen LogP contribution in [0, 0.1) is 6.92 Å². The van der Waals surface area contributed by atoms with Crippen LogP contribution >= 0.6 is 0 Å². The van der Waals surface area contributed by atoms with Crippen LogP contribution in [-0.4, -0.2) is 29.4 Å². The van der Waals surface area contributed by atoms with Gasteiger partial charge in [0, 0.05) is 24.8 Å². The summed E-state index contributed by atoms with van der Waals surface area (Å²) in [5.74, 6) is -0.214. The molecule has 0 saturated heterocycles. The number of carbonyl (C=O) groups is 1. The van der Waals surface area contributed by atoms with Gasteiger partial charge >= 0.3 is 5.97 Å². The van der Waals surface area contributed by atoms with Crippen LogP contribution < -0.4 is 5.32 Å². The van der Waals surface area contributed by atoms with Crippen molar-refractivity contribution in [2.45, 2.75) is 26.3 Å². The lowest BCUT2D eigenvalue weighted by atomic mass is 10.1. The van der Waals surface area contributed by atoms with E-state index in [0.29, 0.717) is 6.42 Å². The standard InChI is InChI=1S/C11H19N3O2/c1-5-12-10(6-11(15)16-4)9-7-14(3)13-8(9)2/h7,10,12H,5-6H2,1-4H3. The monoisotopic (exact) mass is 225 g/mol. The van der Waals surface area contributed by atoms with Gasteiger partial charge < -0.3 is 10.1 Å². The number of nitrogens with zero attached hydrogens (tertiary/aromatic N) is 2. The van der Waals surface area contributed by atoms with Gasteiger partial charge in [0.25, 0.3) is 0 Å². The highest BCUT2D eigenvalue weighted by atomic mass is 16.5. The molecule has 1 rings (SSSR count). The van der Waals surface area contributed by atoms with Crippen LogP contribution in [0.5, 0.6) is 0 Å². The van der Waals surface area contributed by atoms with Crippen molar-refractivity contribution >= 4 is 5.97 Å². The predicted octanol–water partition coefficient (Wildman–Crippen LogP) is 0.942. The topological polar surface area (TPSA) is 56.1 Å². The first-order chi connectivity index (χ1) is 7.58. The highest BCUT2D eigenvalue weighted by molar-refractivity contribution is 5.70. The summed E-state index contributed by atoms with van der Waals surface area (Å²) in [7, 11) is 3.28. The first-order valence-electron chi connectivity index (χ1n) is 5.38. The van der Waals surface area contributed by atoms with Crippen molar-refractivity contribution < 1.29 is 9.53 Å². The van der Waals surface area contributed by atoms with Crippen LogP contribution in [0.2, 0.25) is 0 Å². The second-order valence-electron chi connectivity index (χ2n) is 3.73.